The second kappa shape index (κ2) is 10.1. The zero-order valence-corrected chi connectivity index (χ0v) is 20.9. The maximum atomic E-state index is 13.7. The van der Waals surface area contributed by atoms with Gasteiger partial charge in [0.2, 0.25) is 0 Å². The fourth-order valence-electron chi connectivity index (χ4n) is 4.33. The molecule has 0 radical (unpaired) electrons. The highest BCUT2D eigenvalue weighted by Crippen LogP contribution is 2.35. The number of benzene rings is 2. The number of nitrogens with zero attached hydrogens (tertiary/aromatic N) is 4. The number of ether oxygens (including phenoxy) is 2. The molecule has 0 saturated carbocycles. The van der Waals surface area contributed by atoms with Crippen LogP contribution >= 0.6 is 11.3 Å². The van der Waals surface area contributed by atoms with Gasteiger partial charge in [-0.3, -0.25) is 4.90 Å². The molecule has 1 aliphatic heterocycles. The quantitative estimate of drug-likeness (QED) is 0.329. The Morgan fingerprint density at radius 1 is 1.14 bits per heavy atom. The summed E-state index contributed by atoms with van der Waals surface area (Å²) in [5, 5.41) is 5.22. The van der Waals surface area contributed by atoms with Crippen LogP contribution in [0.1, 0.15) is 27.6 Å². The zero-order chi connectivity index (χ0) is 24.4. The van der Waals surface area contributed by atoms with Gasteiger partial charge in [0.05, 0.1) is 29.9 Å². The summed E-state index contributed by atoms with van der Waals surface area (Å²) in [4.78, 5) is 17.3. The molecule has 0 aliphatic carbocycles. The second-order valence-corrected chi connectivity index (χ2v) is 9.95. The van der Waals surface area contributed by atoms with Crippen LogP contribution < -0.4 is 14.8 Å². The lowest BCUT2D eigenvalue weighted by Gasteiger charge is -2.25. The van der Waals surface area contributed by atoms with Gasteiger partial charge in [-0.15, -0.1) is 11.3 Å². The highest BCUT2D eigenvalue weighted by Gasteiger charge is 2.19. The lowest BCUT2D eigenvalue weighted by atomic mass is 10.1. The number of aromatic nitrogens is 3. The average Bonchev–Trinajstić information content (AvgIpc) is 3.23. The van der Waals surface area contributed by atoms with Gasteiger partial charge in [0.15, 0.2) is 11.5 Å². The zero-order valence-electron chi connectivity index (χ0n) is 20.1. The second-order valence-electron chi connectivity index (χ2n) is 8.66. The number of thiazole rings is 1. The van der Waals surface area contributed by atoms with Crippen molar-refractivity contribution in [1.82, 2.24) is 19.9 Å². The molecular formula is C26H28FN5O2S. The molecule has 182 valence electrons. The lowest BCUT2D eigenvalue weighted by Crippen LogP contribution is -2.31. The van der Waals surface area contributed by atoms with Crippen molar-refractivity contribution < 1.29 is 13.9 Å². The molecule has 4 aromatic rings. The summed E-state index contributed by atoms with van der Waals surface area (Å²) in [6, 6.07) is 8.64. The van der Waals surface area contributed by atoms with Crippen LogP contribution in [0.3, 0.4) is 0 Å². The van der Waals surface area contributed by atoms with E-state index in [2.05, 4.69) is 32.1 Å². The average molecular weight is 494 g/mol. The molecule has 0 amide bonds. The van der Waals surface area contributed by atoms with Crippen LogP contribution in [0.2, 0.25) is 0 Å². The first-order valence-corrected chi connectivity index (χ1v) is 12.5. The molecular weight excluding hydrogens is 465 g/mol. The van der Waals surface area contributed by atoms with Crippen molar-refractivity contribution in [3.8, 4) is 11.5 Å². The third-order valence-electron chi connectivity index (χ3n) is 6.13. The molecule has 0 unspecified atom stereocenters. The lowest BCUT2D eigenvalue weighted by molar-refractivity contribution is 0.218. The molecule has 35 heavy (non-hydrogen) atoms. The Hall–Kier alpha value is -3.30. The Labute approximate surface area is 208 Å². The number of hydrogen-bond donors (Lipinski definition) is 1. The standard InChI is InChI=1S/C26H28FN5O2S/c1-16-11-18(5-6-20(16)27)31-26-19-12-24(23(33-3)13-22(19)28-15-29-26)34-10-4-8-32-9-7-21-25(14-32)35-17(2)30-21/h5-6,11-13,15H,4,7-10,14H2,1-3H3,(H,28,29,31). The van der Waals surface area contributed by atoms with Gasteiger partial charge in [-0.1, -0.05) is 0 Å². The van der Waals surface area contributed by atoms with E-state index in [1.54, 1.807) is 37.5 Å². The van der Waals surface area contributed by atoms with Gasteiger partial charge in [-0.2, -0.15) is 0 Å². The number of methoxy groups -OCH3 is 1. The Balaban J connectivity index is 1.27. The van der Waals surface area contributed by atoms with Gasteiger partial charge in [0, 0.05) is 48.1 Å². The van der Waals surface area contributed by atoms with Crippen molar-refractivity contribution in [2.45, 2.75) is 33.2 Å². The van der Waals surface area contributed by atoms with Gasteiger partial charge in [0.25, 0.3) is 0 Å². The van der Waals surface area contributed by atoms with Crippen molar-refractivity contribution >= 4 is 33.7 Å². The molecule has 0 atom stereocenters. The fourth-order valence-corrected chi connectivity index (χ4v) is 5.36. The molecule has 7 nitrogen and oxygen atoms in total. The van der Waals surface area contributed by atoms with Crippen molar-refractivity contribution in [1.29, 1.82) is 0 Å². The first-order chi connectivity index (χ1) is 17.0. The molecule has 2 aromatic carbocycles. The summed E-state index contributed by atoms with van der Waals surface area (Å²) in [6.45, 7) is 7.34. The summed E-state index contributed by atoms with van der Waals surface area (Å²) in [6.07, 6.45) is 3.41. The van der Waals surface area contributed by atoms with Crippen LogP contribution in [0.25, 0.3) is 10.9 Å². The highest BCUT2D eigenvalue weighted by molar-refractivity contribution is 7.11. The van der Waals surface area contributed by atoms with Crippen LogP contribution in [0.5, 0.6) is 11.5 Å². The molecule has 1 N–H and O–H groups in total. The monoisotopic (exact) mass is 493 g/mol. The summed E-state index contributed by atoms with van der Waals surface area (Å²) < 4.78 is 25.4. The largest absolute Gasteiger partial charge is 0.493 e. The van der Waals surface area contributed by atoms with Crippen molar-refractivity contribution in [2.24, 2.45) is 0 Å². The van der Waals surface area contributed by atoms with Crippen LogP contribution in [0.15, 0.2) is 36.7 Å². The first-order valence-electron chi connectivity index (χ1n) is 11.7. The molecule has 3 heterocycles. The number of anilines is 2. The normalized spacial score (nSPS) is 13.6. The summed E-state index contributed by atoms with van der Waals surface area (Å²) in [7, 11) is 1.62. The van der Waals surface area contributed by atoms with E-state index in [-0.39, 0.29) is 5.82 Å². The van der Waals surface area contributed by atoms with Crippen LogP contribution in [-0.2, 0) is 13.0 Å². The summed E-state index contributed by atoms with van der Waals surface area (Å²) in [5.41, 5.74) is 3.32. The molecule has 0 fully saturated rings. The smallest absolute Gasteiger partial charge is 0.162 e. The molecule has 2 aromatic heterocycles. The summed E-state index contributed by atoms with van der Waals surface area (Å²) >= 11 is 1.80. The number of nitrogens with one attached hydrogen (secondary N) is 1. The van der Waals surface area contributed by atoms with Crippen molar-refractivity contribution in [3.63, 3.8) is 0 Å². The van der Waals surface area contributed by atoms with E-state index in [9.17, 15) is 4.39 Å². The third kappa shape index (κ3) is 5.21. The predicted molar refractivity (Wildman–Crippen MR) is 136 cm³/mol. The molecule has 9 heteroatoms. The SMILES string of the molecule is COc1cc2ncnc(Nc3ccc(F)c(C)c3)c2cc1OCCCN1CCc2nc(C)sc2C1. The van der Waals surface area contributed by atoms with Gasteiger partial charge in [-0.05, 0) is 50.1 Å². The van der Waals surface area contributed by atoms with Gasteiger partial charge in [-0.25, -0.2) is 19.3 Å². The van der Waals surface area contributed by atoms with Crippen LogP contribution in [-0.4, -0.2) is 46.7 Å². The minimum atomic E-state index is -0.240. The molecule has 0 saturated heterocycles. The number of hydrogen-bond acceptors (Lipinski definition) is 8. The first kappa shape index (κ1) is 23.4. The van der Waals surface area contributed by atoms with E-state index < -0.39 is 0 Å². The van der Waals surface area contributed by atoms with Crippen LogP contribution in [0.4, 0.5) is 15.9 Å². The molecule has 1 aliphatic rings. The molecule has 0 spiro atoms. The number of rotatable bonds is 8. The van der Waals surface area contributed by atoms with E-state index in [1.807, 2.05) is 12.1 Å². The van der Waals surface area contributed by atoms with E-state index in [0.29, 0.717) is 29.5 Å². The Morgan fingerprint density at radius 2 is 2.03 bits per heavy atom. The topological polar surface area (TPSA) is 72.4 Å². The van der Waals surface area contributed by atoms with E-state index in [1.165, 1.54) is 23.0 Å². The minimum Gasteiger partial charge on any atom is -0.493 e. The number of aryl methyl sites for hydroxylation is 2. The van der Waals surface area contributed by atoms with Gasteiger partial charge in [0.1, 0.15) is 18.0 Å². The number of halogens is 1. The highest BCUT2D eigenvalue weighted by atomic mass is 32.1. The Morgan fingerprint density at radius 3 is 2.86 bits per heavy atom. The van der Waals surface area contributed by atoms with Gasteiger partial charge < -0.3 is 14.8 Å². The maximum Gasteiger partial charge on any atom is 0.162 e. The fraction of sp³-hybridized carbons (Fsp3) is 0.346. The van der Waals surface area contributed by atoms with Gasteiger partial charge >= 0.3 is 0 Å². The third-order valence-corrected chi connectivity index (χ3v) is 7.13. The molecule has 0 bridgehead atoms. The van der Waals surface area contributed by atoms with E-state index >= 15 is 0 Å². The van der Waals surface area contributed by atoms with E-state index in [4.69, 9.17) is 9.47 Å². The molecule has 5 rings (SSSR count). The van der Waals surface area contributed by atoms with Crippen LogP contribution in [0, 0.1) is 19.7 Å². The van der Waals surface area contributed by atoms with Crippen molar-refractivity contribution in [2.75, 3.05) is 32.1 Å². The maximum absolute atomic E-state index is 13.7. The minimum absolute atomic E-state index is 0.240. The Bertz CT molecular complexity index is 1360. The van der Waals surface area contributed by atoms with E-state index in [0.717, 1.165) is 54.1 Å². The Kier molecular flexibility index (Phi) is 6.79. The van der Waals surface area contributed by atoms with Crippen molar-refractivity contribution in [3.05, 3.63) is 63.6 Å². The predicted octanol–water partition coefficient (Wildman–Crippen LogP) is 5.42. The summed E-state index contributed by atoms with van der Waals surface area (Å²) in [5.74, 6) is 1.66. The number of fused-ring (bicyclic) bond motifs is 2.